The molecule has 0 radical (unpaired) electrons. The molecule has 2 aliphatic rings. The zero-order chi connectivity index (χ0) is 11.0. The first-order valence-electron chi connectivity index (χ1n) is 4.51. The maximum atomic E-state index is 11.4. The van der Waals surface area contributed by atoms with Gasteiger partial charge in [0.2, 0.25) is 0 Å². The molecular weight excluding hydrogens is 313 g/mol. The average Bonchev–Trinajstić information content (AvgIpc) is 2.20. The molecule has 2 heterocycles. The van der Waals surface area contributed by atoms with Crippen molar-refractivity contribution in [2.45, 2.75) is 16.6 Å². The van der Waals surface area contributed by atoms with Gasteiger partial charge in [-0.15, -0.1) is 0 Å². The van der Waals surface area contributed by atoms with Crippen LogP contribution in [-0.4, -0.2) is 34.2 Å². The highest BCUT2D eigenvalue weighted by Gasteiger charge is 2.43. The molecule has 3 atom stereocenters. The van der Waals surface area contributed by atoms with Crippen molar-refractivity contribution in [3.8, 4) is 0 Å². The molecule has 82 valence electrons. The maximum Gasteiger partial charge on any atom is 0.416 e. The standard InChI is InChI=1S/C9H10INO4/c1-14-9(13)11-3-2-5-4-6(12)15-8(11)7(5)10/h2-3,5,7-8H,4H2,1H3. The summed E-state index contributed by atoms with van der Waals surface area (Å²) in [5.41, 5.74) is 0. The summed E-state index contributed by atoms with van der Waals surface area (Å²) < 4.78 is 9.83. The number of fused-ring (bicyclic) bond motifs is 2. The molecule has 2 rings (SSSR count). The number of alkyl halides is 1. The summed E-state index contributed by atoms with van der Waals surface area (Å²) in [6.45, 7) is 0. The molecule has 3 unspecified atom stereocenters. The number of carbonyl (C=O) groups is 2. The number of amides is 1. The Hall–Kier alpha value is -0.790. The highest BCUT2D eigenvalue weighted by Crippen LogP contribution is 2.35. The van der Waals surface area contributed by atoms with Crippen LogP contribution < -0.4 is 0 Å². The third-order valence-electron chi connectivity index (χ3n) is 2.49. The normalized spacial score (nSPS) is 33.6. The SMILES string of the molecule is COC(=O)N1C=CC2CC(=O)OC1C2I. The van der Waals surface area contributed by atoms with Crippen LogP contribution in [0.5, 0.6) is 0 Å². The molecule has 2 aliphatic heterocycles. The van der Waals surface area contributed by atoms with Crippen molar-refractivity contribution in [1.29, 1.82) is 0 Å². The molecule has 0 aromatic carbocycles. The molecule has 0 aromatic heterocycles. The molecule has 0 spiro atoms. The van der Waals surface area contributed by atoms with Gasteiger partial charge in [-0.05, 0) is 0 Å². The van der Waals surface area contributed by atoms with Gasteiger partial charge >= 0.3 is 12.1 Å². The van der Waals surface area contributed by atoms with Crippen molar-refractivity contribution in [2.75, 3.05) is 7.11 Å². The molecule has 1 saturated heterocycles. The number of nitrogens with zero attached hydrogens (tertiary/aromatic N) is 1. The Bertz CT molecular complexity index is 330. The van der Waals surface area contributed by atoms with Gasteiger partial charge in [0.05, 0.1) is 17.5 Å². The zero-order valence-electron chi connectivity index (χ0n) is 8.05. The number of esters is 1. The van der Waals surface area contributed by atoms with Crippen LogP contribution in [0.15, 0.2) is 12.3 Å². The number of allylic oxidation sites excluding steroid dienone is 1. The smallest absolute Gasteiger partial charge is 0.416 e. The number of halogens is 1. The minimum Gasteiger partial charge on any atom is -0.452 e. The van der Waals surface area contributed by atoms with Gasteiger partial charge in [-0.3, -0.25) is 4.79 Å². The highest BCUT2D eigenvalue weighted by molar-refractivity contribution is 14.1. The zero-order valence-corrected chi connectivity index (χ0v) is 10.2. The van der Waals surface area contributed by atoms with Crippen LogP contribution in [0.1, 0.15) is 6.42 Å². The summed E-state index contributed by atoms with van der Waals surface area (Å²) in [5, 5.41) is 0. The summed E-state index contributed by atoms with van der Waals surface area (Å²) in [4.78, 5) is 23.9. The Balaban J connectivity index is 2.25. The second kappa shape index (κ2) is 3.99. The first-order valence-corrected chi connectivity index (χ1v) is 5.76. The molecule has 2 bridgehead atoms. The number of rotatable bonds is 0. The minimum absolute atomic E-state index is 0.0874. The van der Waals surface area contributed by atoms with Crippen molar-refractivity contribution in [3.05, 3.63) is 12.3 Å². The van der Waals surface area contributed by atoms with E-state index in [4.69, 9.17) is 4.74 Å². The number of ether oxygens (including phenoxy) is 2. The number of hydrogen-bond donors (Lipinski definition) is 0. The third kappa shape index (κ3) is 1.82. The summed E-state index contributed by atoms with van der Waals surface area (Å²) in [6, 6.07) is 0. The fourth-order valence-electron chi connectivity index (χ4n) is 1.71. The van der Waals surface area contributed by atoms with Crippen LogP contribution in [0, 0.1) is 5.92 Å². The summed E-state index contributed by atoms with van der Waals surface area (Å²) >= 11 is 2.19. The number of carbonyl (C=O) groups excluding carboxylic acids is 2. The van der Waals surface area contributed by atoms with Crippen LogP contribution in [0.3, 0.4) is 0 Å². The van der Waals surface area contributed by atoms with Gasteiger partial charge in [-0.25, -0.2) is 9.69 Å². The molecule has 15 heavy (non-hydrogen) atoms. The van der Waals surface area contributed by atoms with Crippen molar-refractivity contribution >= 4 is 34.7 Å². The predicted molar refractivity (Wildman–Crippen MR) is 59.2 cm³/mol. The lowest BCUT2D eigenvalue weighted by Gasteiger charge is -2.40. The van der Waals surface area contributed by atoms with Crippen molar-refractivity contribution < 1.29 is 19.1 Å². The van der Waals surface area contributed by atoms with E-state index in [9.17, 15) is 9.59 Å². The van der Waals surface area contributed by atoms with E-state index < -0.39 is 12.3 Å². The van der Waals surface area contributed by atoms with Crippen molar-refractivity contribution in [3.63, 3.8) is 0 Å². The van der Waals surface area contributed by atoms with Gasteiger partial charge in [0.1, 0.15) is 0 Å². The first kappa shape index (κ1) is 10.7. The Morgan fingerprint density at radius 1 is 1.73 bits per heavy atom. The van der Waals surface area contributed by atoms with E-state index in [1.54, 1.807) is 6.20 Å². The Kier molecular flexibility index (Phi) is 2.85. The monoisotopic (exact) mass is 323 g/mol. The molecule has 0 aliphatic carbocycles. The minimum atomic E-state index is -0.533. The van der Waals surface area contributed by atoms with Crippen LogP contribution in [-0.2, 0) is 14.3 Å². The third-order valence-corrected chi connectivity index (χ3v) is 4.03. The maximum absolute atomic E-state index is 11.4. The molecule has 0 aromatic rings. The van der Waals surface area contributed by atoms with Gasteiger partial charge in [-0.2, -0.15) is 0 Å². The second-order valence-electron chi connectivity index (χ2n) is 3.41. The van der Waals surface area contributed by atoms with Crippen molar-refractivity contribution in [1.82, 2.24) is 4.90 Å². The second-order valence-corrected chi connectivity index (χ2v) is 4.85. The summed E-state index contributed by atoms with van der Waals surface area (Å²) in [6.07, 6.45) is 2.82. The molecule has 5 nitrogen and oxygen atoms in total. The fraction of sp³-hybridized carbons (Fsp3) is 0.556. The predicted octanol–water partition coefficient (Wildman–Crippen LogP) is 1.27. The lowest BCUT2D eigenvalue weighted by atomic mass is 9.95. The van der Waals surface area contributed by atoms with E-state index in [1.807, 2.05) is 6.08 Å². The molecule has 6 heteroatoms. The molecule has 1 fully saturated rings. The molecule has 1 amide bonds. The summed E-state index contributed by atoms with van der Waals surface area (Å²) in [7, 11) is 1.30. The van der Waals surface area contributed by atoms with Gasteiger partial charge in [0, 0.05) is 12.1 Å². The Morgan fingerprint density at radius 3 is 3.13 bits per heavy atom. The van der Waals surface area contributed by atoms with Crippen molar-refractivity contribution in [2.24, 2.45) is 5.92 Å². The highest BCUT2D eigenvalue weighted by atomic mass is 127. The topological polar surface area (TPSA) is 55.8 Å². The van der Waals surface area contributed by atoms with Crippen LogP contribution in [0.25, 0.3) is 0 Å². The van der Waals surface area contributed by atoms with Crippen LogP contribution in [0.2, 0.25) is 0 Å². The Morgan fingerprint density at radius 2 is 2.47 bits per heavy atom. The van der Waals surface area contributed by atoms with E-state index >= 15 is 0 Å². The quantitative estimate of drug-likeness (QED) is 0.383. The van der Waals surface area contributed by atoms with E-state index in [1.165, 1.54) is 12.0 Å². The Labute approximate surface area is 101 Å². The van der Waals surface area contributed by atoms with Gasteiger partial charge in [-0.1, -0.05) is 28.7 Å². The molecule has 0 N–H and O–H groups in total. The average molecular weight is 323 g/mol. The largest absolute Gasteiger partial charge is 0.452 e. The lowest BCUT2D eigenvalue weighted by Crippen LogP contribution is -2.52. The van der Waals surface area contributed by atoms with E-state index in [-0.39, 0.29) is 15.8 Å². The van der Waals surface area contributed by atoms with Crippen LogP contribution in [0.4, 0.5) is 4.79 Å². The number of hydrogen-bond acceptors (Lipinski definition) is 4. The summed E-state index contributed by atoms with van der Waals surface area (Å²) in [5.74, 6) is -0.117. The number of methoxy groups -OCH3 is 1. The molecular formula is C9H10INO4. The van der Waals surface area contributed by atoms with E-state index in [0.29, 0.717) is 6.42 Å². The fourth-order valence-corrected chi connectivity index (χ4v) is 2.69. The van der Waals surface area contributed by atoms with Gasteiger partial charge in [0.25, 0.3) is 0 Å². The van der Waals surface area contributed by atoms with Gasteiger partial charge in [0.15, 0.2) is 6.23 Å². The first-order chi connectivity index (χ1) is 7.13. The van der Waals surface area contributed by atoms with Crippen LogP contribution >= 0.6 is 22.6 Å². The van der Waals surface area contributed by atoms with E-state index in [2.05, 4.69) is 27.3 Å². The van der Waals surface area contributed by atoms with E-state index in [0.717, 1.165) is 0 Å². The lowest BCUT2D eigenvalue weighted by molar-refractivity contribution is -0.163. The molecule has 0 saturated carbocycles. The van der Waals surface area contributed by atoms with Gasteiger partial charge < -0.3 is 9.47 Å².